The van der Waals surface area contributed by atoms with Crippen molar-refractivity contribution in [3.63, 3.8) is 0 Å². The molecule has 2 aliphatic rings. The number of anilines is 1. The lowest BCUT2D eigenvalue weighted by atomic mass is 10.0. The minimum absolute atomic E-state index is 0.0249. The number of ether oxygens (including phenoxy) is 2. The first-order valence-corrected chi connectivity index (χ1v) is 15.0. The van der Waals surface area contributed by atoms with Crippen LogP contribution in [-0.4, -0.2) is 73.0 Å². The summed E-state index contributed by atoms with van der Waals surface area (Å²) in [6.07, 6.45) is 6.68. The Balaban J connectivity index is 1.55. The SMILES string of the molecule is CCC(CC)C(=O)O[C@H](C)OC(=O)C1=C(/C=C\c2cccnc2)CS[C@H]2[C@H](NC(=O)C(=NO)c3csc(N)n3)C(=O)N12. The number of rotatable bonds is 11. The Bertz CT molecular complexity index is 1440. The minimum atomic E-state index is -1.20. The molecule has 2 amide bonds. The number of nitrogens with one attached hydrogen (secondary N) is 1. The summed E-state index contributed by atoms with van der Waals surface area (Å²) in [6.45, 7) is 5.16. The third kappa shape index (κ3) is 6.62. The smallest absolute Gasteiger partial charge is 0.358 e. The van der Waals surface area contributed by atoms with E-state index in [4.69, 9.17) is 15.2 Å². The summed E-state index contributed by atoms with van der Waals surface area (Å²) in [4.78, 5) is 61.3. The van der Waals surface area contributed by atoms with Crippen LogP contribution in [-0.2, 0) is 28.7 Å². The van der Waals surface area contributed by atoms with Gasteiger partial charge in [-0.25, -0.2) is 9.78 Å². The zero-order valence-electron chi connectivity index (χ0n) is 23.1. The summed E-state index contributed by atoms with van der Waals surface area (Å²) < 4.78 is 10.8. The largest absolute Gasteiger partial charge is 0.425 e. The molecular weight excluding hydrogens is 584 g/mol. The van der Waals surface area contributed by atoms with Gasteiger partial charge in [0, 0.05) is 30.5 Å². The van der Waals surface area contributed by atoms with Crippen molar-refractivity contribution in [2.24, 2.45) is 11.1 Å². The number of thioether (sulfide) groups is 1. The van der Waals surface area contributed by atoms with E-state index in [0.717, 1.165) is 16.9 Å². The van der Waals surface area contributed by atoms with E-state index in [-0.39, 0.29) is 22.4 Å². The fourth-order valence-corrected chi connectivity index (χ4v) is 6.23. The van der Waals surface area contributed by atoms with Gasteiger partial charge in [0.1, 0.15) is 22.8 Å². The standard InChI is InChI=1S/C27H30N6O7S2/c1-4-16(5-2)25(36)39-14(3)40-26(37)21-17(9-8-15-7-6-10-29-11-15)12-41-24-20(23(35)33(21)24)31-22(34)19(32-38)18-13-42-27(28)30-18/h6-11,13-14,16,20,24,38H,4-5,12H2,1-3H3,(H2,28,30)(H,31,34)/b9-8-,32-19?/t14-,20+,24-/m0/s1. The topological polar surface area (TPSA) is 186 Å². The van der Waals surface area contributed by atoms with Gasteiger partial charge in [-0.05, 0) is 30.0 Å². The number of nitrogens with zero attached hydrogens (tertiary/aromatic N) is 4. The molecule has 0 radical (unpaired) electrons. The summed E-state index contributed by atoms with van der Waals surface area (Å²) in [5.41, 5.74) is 6.52. The average molecular weight is 615 g/mol. The summed E-state index contributed by atoms with van der Waals surface area (Å²) in [5, 5.41) is 16.0. The number of nitrogen functional groups attached to an aromatic ring is 1. The van der Waals surface area contributed by atoms with Crippen LogP contribution in [0, 0.1) is 5.92 Å². The number of allylic oxidation sites excluding steroid dienone is 1. The molecule has 222 valence electrons. The lowest BCUT2D eigenvalue weighted by Gasteiger charge is -2.49. The van der Waals surface area contributed by atoms with E-state index in [1.54, 1.807) is 30.6 Å². The van der Waals surface area contributed by atoms with Gasteiger partial charge < -0.3 is 25.7 Å². The van der Waals surface area contributed by atoms with Crippen molar-refractivity contribution >= 4 is 63.8 Å². The Morgan fingerprint density at radius 2 is 2.05 bits per heavy atom. The molecule has 42 heavy (non-hydrogen) atoms. The van der Waals surface area contributed by atoms with Gasteiger partial charge in [-0.3, -0.25) is 24.3 Å². The lowest BCUT2D eigenvalue weighted by Crippen LogP contribution is -2.71. The van der Waals surface area contributed by atoms with E-state index < -0.39 is 47.2 Å². The first-order valence-electron chi connectivity index (χ1n) is 13.1. The van der Waals surface area contributed by atoms with Crippen molar-refractivity contribution in [3.8, 4) is 0 Å². The second-order valence-corrected chi connectivity index (χ2v) is 11.3. The number of aromatic nitrogens is 2. The van der Waals surface area contributed by atoms with Crippen LogP contribution in [0.3, 0.4) is 0 Å². The number of oxime groups is 1. The van der Waals surface area contributed by atoms with E-state index in [1.807, 2.05) is 19.9 Å². The maximum atomic E-state index is 13.4. The summed E-state index contributed by atoms with van der Waals surface area (Å²) in [6, 6.07) is 2.57. The molecule has 3 atom stereocenters. The van der Waals surface area contributed by atoms with Crippen molar-refractivity contribution in [1.29, 1.82) is 0 Å². The number of hydrogen-bond donors (Lipinski definition) is 3. The third-order valence-electron chi connectivity index (χ3n) is 6.59. The maximum Gasteiger partial charge on any atom is 0.358 e. The molecule has 2 aromatic rings. The van der Waals surface area contributed by atoms with E-state index in [1.165, 1.54) is 29.0 Å². The fraction of sp³-hybridized carbons (Fsp3) is 0.370. The maximum absolute atomic E-state index is 13.4. The number of pyridine rings is 1. The number of amides is 2. The van der Waals surface area contributed by atoms with Crippen molar-refractivity contribution in [1.82, 2.24) is 20.2 Å². The highest BCUT2D eigenvalue weighted by atomic mass is 32.2. The molecule has 15 heteroatoms. The zero-order chi connectivity index (χ0) is 30.4. The van der Waals surface area contributed by atoms with Gasteiger partial charge in [0.15, 0.2) is 10.8 Å². The van der Waals surface area contributed by atoms with Crippen molar-refractivity contribution in [2.45, 2.75) is 51.3 Å². The highest BCUT2D eigenvalue weighted by Crippen LogP contribution is 2.41. The average Bonchev–Trinajstić information content (AvgIpc) is 3.41. The fourth-order valence-electron chi connectivity index (χ4n) is 4.36. The van der Waals surface area contributed by atoms with Crippen LogP contribution in [0.4, 0.5) is 5.13 Å². The van der Waals surface area contributed by atoms with Crippen LogP contribution in [0.15, 0.2) is 52.4 Å². The summed E-state index contributed by atoms with van der Waals surface area (Å²) in [5.74, 6) is -2.77. The van der Waals surface area contributed by atoms with Crippen molar-refractivity contribution < 1.29 is 33.9 Å². The molecule has 4 heterocycles. The first-order chi connectivity index (χ1) is 20.2. The molecule has 0 unspecified atom stereocenters. The molecule has 0 aliphatic carbocycles. The summed E-state index contributed by atoms with van der Waals surface area (Å²) in [7, 11) is 0. The Kier molecular flexibility index (Phi) is 9.96. The number of carbonyl (C=O) groups excluding carboxylic acids is 4. The molecule has 2 aromatic heterocycles. The first kappa shape index (κ1) is 30.7. The van der Waals surface area contributed by atoms with Gasteiger partial charge in [-0.2, -0.15) is 0 Å². The predicted octanol–water partition coefficient (Wildman–Crippen LogP) is 2.53. The predicted molar refractivity (Wildman–Crippen MR) is 156 cm³/mol. The highest BCUT2D eigenvalue weighted by molar-refractivity contribution is 8.00. The Morgan fingerprint density at radius 1 is 1.29 bits per heavy atom. The highest BCUT2D eigenvalue weighted by Gasteiger charge is 2.54. The number of thiazole rings is 1. The number of nitrogens with two attached hydrogens (primary N) is 1. The Hall–Kier alpha value is -4.24. The van der Waals surface area contributed by atoms with Crippen LogP contribution in [0.25, 0.3) is 6.08 Å². The van der Waals surface area contributed by atoms with Crippen LogP contribution >= 0.6 is 23.1 Å². The van der Waals surface area contributed by atoms with Gasteiger partial charge >= 0.3 is 11.9 Å². The number of β-lactam (4-membered cyclic amide) rings is 1. The van der Waals surface area contributed by atoms with Gasteiger partial charge in [0.25, 0.3) is 11.8 Å². The Morgan fingerprint density at radius 3 is 2.67 bits per heavy atom. The lowest BCUT2D eigenvalue weighted by molar-refractivity contribution is -0.187. The van der Waals surface area contributed by atoms with Gasteiger partial charge in [-0.15, -0.1) is 23.1 Å². The van der Waals surface area contributed by atoms with Crippen LogP contribution in [0.1, 0.15) is 44.9 Å². The molecule has 1 fully saturated rings. The van der Waals surface area contributed by atoms with Gasteiger partial charge in [0.2, 0.25) is 6.29 Å². The van der Waals surface area contributed by atoms with Crippen molar-refractivity contribution in [2.75, 3.05) is 11.5 Å². The molecule has 0 bridgehead atoms. The van der Waals surface area contributed by atoms with E-state index in [2.05, 4.69) is 20.4 Å². The van der Waals surface area contributed by atoms with Gasteiger partial charge in [0.05, 0.1) is 5.92 Å². The third-order valence-corrected chi connectivity index (χ3v) is 8.57. The molecule has 4 N–H and O–H groups in total. The zero-order valence-corrected chi connectivity index (χ0v) is 24.7. The second kappa shape index (κ2) is 13.6. The molecule has 4 rings (SSSR count). The van der Waals surface area contributed by atoms with Gasteiger partial charge in [-0.1, -0.05) is 37.2 Å². The van der Waals surface area contributed by atoms with E-state index >= 15 is 0 Å². The number of hydrogen-bond acceptors (Lipinski definition) is 13. The van der Waals surface area contributed by atoms with E-state index in [0.29, 0.717) is 24.2 Å². The normalized spacial score (nSPS) is 19.4. The Labute approximate surface area is 249 Å². The molecule has 0 spiro atoms. The molecule has 13 nitrogen and oxygen atoms in total. The second-order valence-electron chi connectivity index (χ2n) is 9.30. The molecule has 1 saturated heterocycles. The number of fused-ring (bicyclic) bond motifs is 1. The van der Waals surface area contributed by atoms with Crippen LogP contribution in [0.5, 0.6) is 0 Å². The molecule has 0 aromatic carbocycles. The minimum Gasteiger partial charge on any atom is -0.425 e. The molecule has 0 saturated carbocycles. The number of esters is 2. The van der Waals surface area contributed by atoms with Crippen LogP contribution in [0.2, 0.25) is 0 Å². The van der Waals surface area contributed by atoms with Crippen LogP contribution < -0.4 is 11.1 Å². The van der Waals surface area contributed by atoms with E-state index in [9.17, 15) is 24.4 Å². The molecular formula is C27H30N6O7S2. The quantitative estimate of drug-likeness (QED) is 0.0843. The monoisotopic (exact) mass is 614 g/mol. The molecule has 2 aliphatic heterocycles. The van der Waals surface area contributed by atoms with Crippen molar-refractivity contribution in [3.05, 3.63) is 58.5 Å². The number of carbonyl (C=O) groups is 4. The summed E-state index contributed by atoms with van der Waals surface area (Å²) >= 11 is 2.38.